The number of fused-ring (bicyclic) bond motifs is 2. The molecule has 0 amide bonds. The third kappa shape index (κ3) is 3.06. The lowest BCUT2D eigenvalue weighted by Gasteiger charge is -2.42. The van der Waals surface area contributed by atoms with Crippen molar-refractivity contribution in [1.29, 1.82) is 0 Å². The van der Waals surface area contributed by atoms with Crippen molar-refractivity contribution in [2.75, 3.05) is 13.2 Å². The molecule has 2 aliphatic heterocycles. The molecule has 2 fully saturated rings. The van der Waals surface area contributed by atoms with Gasteiger partial charge in [0.15, 0.2) is 5.76 Å². The number of hydrogen-bond donors (Lipinski definition) is 1. The summed E-state index contributed by atoms with van der Waals surface area (Å²) in [4.78, 5) is 12.3. The minimum atomic E-state index is -1.20. The second kappa shape index (κ2) is 7.18. The summed E-state index contributed by atoms with van der Waals surface area (Å²) in [5, 5.41) is 14.8. The van der Waals surface area contributed by atoms with Crippen molar-refractivity contribution >= 4 is 11.9 Å². The van der Waals surface area contributed by atoms with Crippen molar-refractivity contribution in [3.63, 3.8) is 0 Å². The van der Waals surface area contributed by atoms with Crippen LogP contribution >= 0.6 is 0 Å². The molecule has 1 saturated heterocycles. The minimum absolute atomic E-state index is 0.316. The first-order valence-electron chi connectivity index (χ1n) is 12.0. The molecule has 0 bridgehead atoms. The van der Waals surface area contributed by atoms with Gasteiger partial charge in [0.1, 0.15) is 18.0 Å². The van der Waals surface area contributed by atoms with Gasteiger partial charge >= 0.3 is 0 Å². The molecule has 178 valence electrons. The first-order chi connectivity index (χ1) is 17.0. The highest BCUT2D eigenvalue weighted by Crippen LogP contribution is 2.51. The molecule has 1 spiro atoms. The number of hydrogen-bond acceptors (Lipinski definition) is 6. The topological polar surface area (TPSA) is 72.1 Å². The number of nitrogens with zero attached hydrogens (tertiary/aromatic N) is 4. The molecule has 1 unspecified atom stereocenters. The summed E-state index contributed by atoms with van der Waals surface area (Å²) in [5.41, 5.74) is 5.02. The predicted octanol–water partition coefficient (Wildman–Crippen LogP) is 3.81. The summed E-state index contributed by atoms with van der Waals surface area (Å²) in [5.74, 6) is 0.865. The zero-order valence-electron chi connectivity index (χ0n) is 19.4. The van der Waals surface area contributed by atoms with E-state index in [1.807, 2.05) is 30.4 Å². The molecule has 1 saturated carbocycles. The minimum Gasteiger partial charge on any atom is -0.481 e. The lowest BCUT2D eigenvalue weighted by molar-refractivity contribution is -0.149. The number of imidazole rings is 1. The van der Waals surface area contributed by atoms with Crippen molar-refractivity contribution in [2.45, 2.75) is 43.9 Å². The van der Waals surface area contributed by atoms with E-state index in [-0.39, 0.29) is 18.0 Å². The fraction of sp³-hybridized carbons (Fsp3) is 0.333. The molecule has 0 radical (unpaired) electrons. The second-order valence-electron chi connectivity index (χ2n) is 9.89. The zero-order chi connectivity index (χ0) is 23.8. The monoisotopic (exact) mass is 472 g/mol. The molecule has 3 aromatic rings. The summed E-state index contributed by atoms with van der Waals surface area (Å²) < 4.78 is 22.2. The van der Waals surface area contributed by atoms with Crippen LogP contribution < -0.4 is 0 Å². The number of aromatic nitrogens is 2. The number of aryl methyl sites for hydroxylation is 1. The van der Waals surface area contributed by atoms with Gasteiger partial charge in [-0.1, -0.05) is 11.2 Å². The van der Waals surface area contributed by atoms with E-state index in [2.05, 4.69) is 26.8 Å². The van der Waals surface area contributed by atoms with E-state index in [0.717, 1.165) is 42.6 Å². The van der Waals surface area contributed by atoms with Crippen LogP contribution in [0.2, 0.25) is 0 Å². The lowest BCUT2D eigenvalue weighted by Crippen LogP contribution is -2.56. The second-order valence-corrected chi connectivity index (χ2v) is 9.89. The van der Waals surface area contributed by atoms with Gasteiger partial charge in [0.2, 0.25) is 5.84 Å². The molecule has 4 aliphatic rings. The molecule has 1 aromatic heterocycles. The van der Waals surface area contributed by atoms with Crippen LogP contribution in [0.25, 0.3) is 11.8 Å². The molecule has 2 aromatic carbocycles. The Kier molecular flexibility index (Phi) is 4.25. The van der Waals surface area contributed by atoms with Gasteiger partial charge in [-0.25, -0.2) is 9.37 Å². The number of ether oxygens (including phenoxy) is 1. The van der Waals surface area contributed by atoms with E-state index in [4.69, 9.17) is 9.57 Å². The quantitative estimate of drug-likeness (QED) is 0.625. The van der Waals surface area contributed by atoms with E-state index < -0.39 is 5.72 Å². The Morgan fingerprint density at radius 3 is 2.57 bits per heavy atom. The number of benzene rings is 2. The Morgan fingerprint density at radius 2 is 1.91 bits per heavy atom. The van der Waals surface area contributed by atoms with Crippen LogP contribution in [-0.4, -0.2) is 44.1 Å². The molecule has 7 rings (SSSR count). The Morgan fingerprint density at radius 1 is 1.11 bits per heavy atom. The summed E-state index contributed by atoms with van der Waals surface area (Å²) in [6.07, 6.45) is 9.83. The summed E-state index contributed by atoms with van der Waals surface area (Å²) >= 11 is 0. The van der Waals surface area contributed by atoms with E-state index in [1.165, 1.54) is 23.3 Å². The molecule has 7 nitrogen and oxygen atoms in total. The molecule has 35 heavy (non-hydrogen) atoms. The molecular formula is C27H25FN4O3. The van der Waals surface area contributed by atoms with Gasteiger partial charge in [-0.3, -0.25) is 0 Å². The van der Waals surface area contributed by atoms with Crippen molar-refractivity contribution < 1.29 is 19.1 Å². The number of amidine groups is 1. The number of aliphatic hydroxyl groups excluding tert-OH is 1. The summed E-state index contributed by atoms with van der Waals surface area (Å²) in [6.45, 7) is 2.23. The highest BCUT2D eigenvalue weighted by Gasteiger charge is 2.60. The molecule has 2 aliphatic carbocycles. The van der Waals surface area contributed by atoms with Crippen LogP contribution in [0.1, 0.15) is 40.8 Å². The average Bonchev–Trinajstić information content (AvgIpc) is 3.24. The molecular weight excluding hydrogens is 447 g/mol. The highest BCUT2D eigenvalue weighted by molar-refractivity contribution is 6.02. The third-order valence-electron chi connectivity index (χ3n) is 7.63. The molecule has 3 heterocycles. The normalized spacial score (nSPS) is 24.4. The van der Waals surface area contributed by atoms with Crippen LogP contribution in [0.3, 0.4) is 0 Å². The van der Waals surface area contributed by atoms with E-state index in [9.17, 15) is 9.50 Å². The number of rotatable bonds is 4. The van der Waals surface area contributed by atoms with Crippen LogP contribution in [-0.2, 0) is 28.1 Å². The maximum absolute atomic E-state index is 13.6. The maximum atomic E-state index is 13.6. The van der Waals surface area contributed by atoms with Gasteiger partial charge in [-0.15, -0.1) is 0 Å². The van der Waals surface area contributed by atoms with Crippen molar-refractivity contribution in [2.24, 2.45) is 5.16 Å². The summed E-state index contributed by atoms with van der Waals surface area (Å²) in [6, 6.07) is 10.3. The van der Waals surface area contributed by atoms with Gasteiger partial charge in [0.25, 0.3) is 5.72 Å². The molecule has 1 atom stereocenters. The number of halogens is 1. The van der Waals surface area contributed by atoms with Gasteiger partial charge in [0.05, 0.1) is 18.6 Å². The van der Waals surface area contributed by atoms with E-state index >= 15 is 0 Å². The number of morpholine rings is 1. The predicted molar refractivity (Wildman–Crippen MR) is 127 cm³/mol. The first-order valence-corrected chi connectivity index (χ1v) is 12.0. The smallest absolute Gasteiger partial charge is 0.260 e. The van der Waals surface area contributed by atoms with E-state index in [1.54, 1.807) is 12.1 Å². The average molecular weight is 473 g/mol. The molecule has 1 N–H and O–H groups in total. The molecule has 8 heteroatoms. The van der Waals surface area contributed by atoms with Crippen molar-refractivity contribution in [3.05, 3.63) is 88.4 Å². The number of aliphatic hydroxyl groups is 1. The Bertz CT molecular complexity index is 1410. The Balaban J connectivity index is 1.28. The first kappa shape index (κ1) is 20.7. The fourth-order valence-electron chi connectivity index (χ4n) is 5.40. The van der Waals surface area contributed by atoms with Crippen LogP contribution in [0.15, 0.2) is 59.8 Å². The van der Waals surface area contributed by atoms with E-state index in [0.29, 0.717) is 23.7 Å². The van der Waals surface area contributed by atoms with Gasteiger partial charge in [-0.05, 0) is 85.7 Å². The van der Waals surface area contributed by atoms with Gasteiger partial charge in [0, 0.05) is 17.4 Å². The Hall–Kier alpha value is -3.65. The van der Waals surface area contributed by atoms with Crippen LogP contribution in [0, 0.1) is 12.7 Å². The van der Waals surface area contributed by atoms with Gasteiger partial charge < -0.3 is 24.1 Å². The lowest BCUT2D eigenvalue weighted by atomic mass is 9.83. The maximum Gasteiger partial charge on any atom is 0.260 e. The van der Waals surface area contributed by atoms with Crippen molar-refractivity contribution in [3.8, 4) is 5.69 Å². The fourth-order valence-corrected chi connectivity index (χ4v) is 5.40. The zero-order valence-corrected chi connectivity index (χ0v) is 19.4. The largest absolute Gasteiger partial charge is 0.481 e. The van der Waals surface area contributed by atoms with Crippen LogP contribution in [0.4, 0.5) is 4.39 Å². The van der Waals surface area contributed by atoms with Crippen LogP contribution in [0.5, 0.6) is 0 Å². The standard InChI is InChI=1S/C27H25FN4O3/c1-17-13-31(16-29-17)23-9-2-18(21-7-8-22(21)23)12-24-25-30-35-27(15-33,19-3-5-20(28)6-4-19)32(25)14-26(34-24)10-11-26/h2-6,9,12-13,16,33H,7-8,10-11,14-15H2,1H3/b24-12-. The van der Waals surface area contributed by atoms with Crippen molar-refractivity contribution in [1.82, 2.24) is 14.5 Å². The Labute approximate surface area is 202 Å². The summed E-state index contributed by atoms with van der Waals surface area (Å²) in [7, 11) is 0. The number of oxime groups is 1. The SMILES string of the molecule is Cc1cn(-c2ccc(/C=C3\OC4(CC4)CN4C3=NOC4(CO)c3ccc(F)cc3)c3c2CC3)cn1. The van der Waals surface area contributed by atoms with Gasteiger partial charge in [-0.2, -0.15) is 0 Å². The third-order valence-corrected chi connectivity index (χ3v) is 7.63. The highest BCUT2D eigenvalue weighted by atomic mass is 19.1.